The number of ether oxygens (including phenoxy) is 2. The van der Waals surface area contributed by atoms with Crippen molar-refractivity contribution >= 4 is 5.78 Å². The number of hydrogen-bond donors (Lipinski definition) is 0. The van der Waals surface area contributed by atoms with E-state index in [1.54, 1.807) is 12.1 Å². The van der Waals surface area contributed by atoms with Crippen LogP contribution in [-0.2, 0) is 13.0 Å². The molecule has 0 aromatic heterocycles. The van der Waals surface area contributed by atoms with Gasteiger partial charge in [-0.15, -0.1) is 0 Å². The van der Waals surface area contributed by atoms with Crippen LogP contribution in [0.25, 0.3) is 0 Å². The van der Waals surface area contributed by atoms with E-state index in [0.29, 0.717) is 36.7 Å². The molecule has 0 radical (unpaired) electrons. The van der Waals surface area contributed by atoms with Crippen LogP contribution in [0.15, 0.2) is 36.4 Å². The molecule has 0 N–H and O–H groups in total. The summed E-state index contributed by atoms with van der Waals surface area (Å²) in [6, 6.07) is 12.0. The summed E-state index contributed by atoms with van der Waals surface area (Å²) in [5.41, 5.74) is 2.03. The van der Waals surface area contributed by atoms with Gasteiger partial charge in [-0.2, -0.15) is 0 Å². The highest BCUT2D eigenvalue weighted by atomic mass is 19.1. The van der Waals surface area contributed by atoms with Crippen LogP contribution in [0, 0.1) is 12.8 Å². The minimum absolute atomic E-state index is 0.136. The molecular formula is C27H34FNO3. The number of hydrogen-bond acceptors (Lipinski definition) is 4. The van der Waals surface area contributed by atoms with Crippen molar-refractivity contribution in [3.05, 3.63) is 58.7 Å². The van der Waals surface area contributed by atoms with E-state index >= 15 is 4.39 Å². The standard InChI is InChI=1S/C27H34FNO3/c1-4-31-24-14-22-17-27(28,26(30)23(22)15-25(24)32-5-2)16-20-10-12-29(13-11-20)18-21-9-7-6-8-19(21)3/h6-9,14-15,20H,4-5,10-13,16-18H2,1-3H3. The summed E-state index contributed by atoms with van der Waals surface area (Å²) >= 11 is 0. The molecule has 1 aliphatic heterocycles. The maximum atomic E-state index is 16.0. The number of benzene rings is 2. The summed E-state index contributed by atoms with van der Waals surface area (Å²) in [6.45, 7) is 9.72. The minimum atomic E-state index is -1.82. The number of carbonyl (C=O) groups excluding carboxylic acids is 1. The lowest BCUT2D eigenvalue weighted by Crippen LogP contribution is -2.39. The Bertz CT molecular complexity index is 967. The average Bonchev–Trinajstić information content (AvgIpc) is 3.01. The highest BCUT2D eigenvalue weighted by Gasteiger charge is 2.48. The molecule has 1 unspecified atom stereocenters. The van der Waals surface area contributed by atoms with Crippen LogP contribution in [0.3, 0.4) is 0 Å². The van der Waals surface area contributed by atoms with Crippen molar-refractivity contribution in [2.45, 2.75) is 58.7 Å². The van der Waals surface area contributed by atoms with E-state index in [1.807, 2.05) is 13.8 Å². The smallest absolute Gasteiger partial charge is 0.200 e. The van der Waals surface area contributed by atoms with Gasteiger partial charge in [-0.1, -0.05) is 24.3 Å². The van der Waals surface area contributed by atoms with Crippen LogP contribution in [0.4, 0.5) is 4.39 Å². The number of alkyl halides is 1. The quantitative estimate of drug-likeness (QED) is 0.541. The Labute approximate surface area is 190 Å². The first-order valence-corrected chi connectivity index (χ1v) is 11.9. The lowest BCUT2D eigenvalue weighted by molar-refractivity contribution is 0.0587. The fourth-order valence-corrected chi connectivity index (χ4v) is 5.12. The first-order valence-electron chi connectivity index (χ1n) is 11.9. The van der Waals surface area contributed by atoms with Crippen LogP contribution < -0.4 is 9.47 Å². The zero-order valence-electron chi connectivity index (χ0n) is 19.5. The molecule has 1 fully saturated rings. The number of ketones is 1. The van der Waals surface area contributed by atoms with Gasteiger partial charge in [0.2, 0.25) is 5.78 Å². The SMILES string of the molecule is CCOc1cc2c(cc1OCC)C(=O)C(F)(CC1CCN(Cc3ccccc3C)CC1)C2. The number of rotatable bonds is 8. The van der Waals surface area contributed by atoms with Crippen molar-refractivity contribution in [2.75, 3.05) is 26.3 Å². The van der Waals surface area contributed by atoms with Crippen molar-refractivity contribution < 1.29 is 18.7 Å². The van der Waals surface area contributed by atoms with E-state index in [-0.39, 0.29) is 18.1 Å². The van der Waals surface area contributed by atoms with Crippen molar-refractivity contribution in [1.29, 1.82) is 0 Å². The third kappa shape index (κ3) is 4.68. The topological polar surface area (TPSA) is 38.8 Å². The van der Waals surface area contributed by atoms with Crippen molar-refractivity contribution in [3.63, 3.8) is 0 Å². The monoisotopic (exact) mass is 439 g/mol. The highest BCUT2D eigenvalue weighted by molar-refractivity contribution is 6.07. The molecule has 1 saturated heterocycles. The molecule has 172 valence electrons. The summed E-state index contributed by atoms with van der Waals surface area (Å²) in [5, 5.41) is 0. The number of fused-ring (bicyclic) bond motifs is 1. The third-order valence-corrected chi connectivity index (χ3v) is 6.87. The fraction of sp³-hybridized carbons (Fsp3) is 0.519. The van der Waals surface area contributed by atoms with Crippen molar-refractivity contribution in [2.24, 2.45) is 5.92 Å². The van der Waals surface area contributed by atoms with Gasteiger partial charge < -0.3 is 9.47 Å². The number of halogens is 1. The van der Waals surface area contributed by atoms with Crippen LogP contribution in [0.2, 0.25) is 0 Å². The second-order valence-corrected chi connectivity index (χ2v) is 9.14. The molecule has 0 spiro atoms. The van der Waals surface area contributed by atoms with Crippen LogP contribution >= 0.6 is 0 Å². The number of carbonyl (C=O) groups is 1. The molecule has 32 heavy (non-hydrogen) atoms. The first-order chi connectivity index (χ1) is 15.4. The summed E-state index contributed by atoms with van der Waals surface area (Å²) in [4.78, 5) is 15.5. The van der Waals surface area contributed by atoms with E-state index < -0.39 is 5.67 Å². The Morgan fingerprint density at radius 1 is 1.06 bits per heavy atom. The minimum Gasteiger partial charge on any atom is -0.490 e. The number of Topliss-reactive ketones (excluding diaryl/α,β-unsaturated/α-hetero) is 1. The Balaban J connectivity index is 1.40. The fourth-order valence-electron chi connectivity index (χ4n) is 5.12. The third-order valence-electron chi connectivity index (χ3n) is 6.87. The second-order valence-electron chi connectivity index (χ2n) is 9.14. The normalized spacial score (nSPS) is 21.6. The Morgan fingerprint density at radius 3 is 2.38 bits per heavy atom. The van der Waals surface area contributed by atoms with E-state index in [4.69, 9.17) is 9.47 Å². The molecule has 0 saturated carbocycles. The molecule has 2 aromatic rings. The lowest BCUT2D eigenvalue weighted by atomic mass is 9.83. The van der Waals surface area contributed by atoms with Crippen molar-refractivity contribution in [3.8, 4) is 11.5 Å². The predicted octanol–water partition coefficient (Wildman–Crippen LogP) is 5.54. The molecule has 0 bridgehead atoms. The van der Waals surface area contributed by atoms with Crippen LogP contribution in [0.1, 0.15) is 60.2 Å². The molecule has 2 aromatic carbocycles. The molecule has 5 heteroatoms. The van der Waals surface area contributed by atoms with Gasteiger partial charge in [-0.25, -0.2) is 4.39 Å². The predicted molar refractivity (Wildman–Crippen MR) is 124 cm³/mol. The molecule has 1 aliphatic carbocycles. The summed E-state index contributed by atoms with van der Waals surface area (Å²) in [6.07, 6.45) is 2.29. The van der Waals surface area contributed by atoms with Crippen LogP contribution in [0.5, 0.6) is 11.5 Å². The summed E-state index contributed by atoms with van der Waals surface area (Å²) < 4.78 is 27.3. The number of aryl methyl sites for hydroxylation is 1. The molecule has 1 heterocycles. The summed E-state index contributed by atoms with van der Waals surface area (Å²) in [7, 11) is 0. The van der Waals surface area contributed by atoms with Gasteiger partial charge in [0.1, 0.15) is 0 Å². The highest BCUT2D eigenvalue weighted by Crippen LogP contribution is 2.43. The molecule has 4 rings (SSSR count). The largest absolute Gasteiger partial charge is 0.490 e. The van der Waals surface area contributed by atoms with Gasteiger partial charge in [-0.05, 0) is 87.9 Å². The number of likely N-dealkylation sites (tertiary alicyclic amines) is 1. The van der Waals surface area contributed by atoms with Gasteiger partial charge >= 0.3 is 0 Å². The Hall–Kier alpha value is -2.40. The lowest BCUT2D eigenvalue weighted by Gasteiger charge is -2.34. The first kappa shape index (κ1) is 22.8. The molecular weight excluding hydrogens is 405 g/mol. The van der Waals surface area contributed by atoms with Gasteiger partial charge in [0.05, 0.1) is 13.2 Å². The number of nitrogens with zero attached hydrogens (tertiary/aromatic N) is 1. The van der Waals surface area contributed by atoms with E-state index in [0.717, 1.165) is 38.0 Å². The second kappa shape index (κ2) is 9.62. The molecule has 0 amide bonds. The summed E-state index contributed by atoms with van der Waals surface area (Å²) in [5.74, 6) is 0.952. The van der Waals surface area contributed by atoms with Crippen LogP contribution in [-0.4, -0.2) is 42.7 Å². The number of piperidine rings is 1. The Morgan fingerprint density at radius 2 is 1.72 bits per heavy atom. The zero-order chi connectivity index (χ0) is 22.7. The molecule has 4 nitrogen and oxygen atoms in total. The van der Waals surface area contributed by atoms with Gasteiger partial charge in [0.25, 0.3) is 0 Å². The van der Waals surface area contributed by atoms with Gasteiger partial charge in [-0.3, -0.25) is 9.69 Å². The van der Waals surface area contributed by atoms with E-state index in [1.165, 1.54) is 11.1 Å². The van der Waals surface area contributed by atoms with E-state index in [9.17, 15) is 4.79 Å². The van der Waals surface area contributed by atoms with Gasteiger partial charge in [0, 0.05) is 18.5 Å². The van der Waals surface area contributed by atoms with E-state index in [2.05, 4.69) is 36.1 Å². The van der Waals surface area contributed by atoms with Crippen molar-refractivity contribution in [1.82, 2.24) is 4.90 Å². The Kier molecular flexibility index (Phi) is 6.85. The maximum Gasteiger partial charge on any atom is 0.200 e. The maximum absolute atomic E-state index is 16.0. The average molecular weight is 440 g/mol. The van der Waals surface area contributed by atoms with Gasteiger partial charge in [0.15, 0.2) is 17.2 Å². The molecule has 2 aliphatic rings. The zero-order valence-corrected chi connectivity index (χ0v) is 19.5. The molecule has 1 atom stereocenters.